The zero-order valence-electron chi connectivity index (χ0n) is 25.6. The number of hydrogen-bond acceptors (Lipinski definition) is 9. The van der Waals surface area contributed by atoms with Crippen LogP contribution in [0.5, 0.6) is 0 Å². The highest BCUT2D eigenvalue weighted by Gasteiger charge is 2.41. The second-order valence-corrected chi connectivity index (χ2v) is 14.9. The number of hydrogen-bond donors (Lipinski definition) is 3. The lowest BCUT2D eigenvalue weighted by atomic mass is 9.90. The SMILES string of the molecule is CC(C)(C)c1ccc2c(n1)N1C[C@@H](CC[C@@H](c3cc(-c4ccn[nH]4)ccn3)Nc3cccc(n3)S(=O)(=O)NC2=O)CC1(C)C. The summed E-state index contributed by atoms with van der Waals surface area (Å²) in [5, 5.41) is 10.3. The average molecular weight is 615 g/mol. The van der Waals surface area contributed by atoms with Crippen LogP contribution in [-0.4, -0.2) is 51.6 Å². The lowest BCUT2D eigenvalue weighted by Gasteiger charge is -2.34. The lowest BCUT2D eigenvalue weighted by molar-refractivity contribution is 0.0981. The molecule has 3 N–H and O–H groups in total. The van der Waals surface area contributed by atoms with E-state index < -0.39 is 15.9 Å². The number of nitrogens with zero attached hydrogens (tertiary/aromatic N) is 5. The summed E-state index contributed by atoms with van der Waals surface area (Å²) >= 11 is 0. The minimum atomic E-state index is -4.29. The van der Waals surface area contributed by atoms with Crippen molar-refractivity contribution in [1.29, 1.82) is 0 Å². The van der Waals surface area contributed by atoms with Crippen molar-refractivity contribution in [3.8, 4) is 11.3 Å². The number of fused-ring (bicyclic) bond motifs is 6. The number of nitrogens with one attached hydrogen (secondary N) is 3. The van der Waals surface area contributed by atoms with E-state index in [4.69, 9.17) is 9.97 Å². The van der Waals surface area contributed by atoms with Crippen LogP contribution in [0.1, 0.15) is 81.7 Å². The predicted molar refractivity (Wildman–Crippen MR) is 169 cm³/mol. The first-order valence-corrected chi connectivity index (χ1v) is 16.3. The molecule has 0 saturated carbocycles. The van der Waals surface area contributed by atoms with Crippen molar-refractivity contribution in [2.75, 3.05) is 16.8 Å². The third-order valence-corrected chi connectivity index (χ3v) is 9.70. The van der Waals surface area contributed by atoms with Crippen LogP contribution >= 0.6 is 0 Å². The quantitative estimate of drug-likeness (QED) is 0.276. The van der Waals surface area contributed by atoms with E-state index in [2.05, 4.69) is 64.7 Å². The van der Waals surface area contributed by atoms with Gasteiger partial charge < -0.3 is 10.2 Å². The first-order chi connectivity index (χ1) is 20.8. The number of carbonyl (C=O) groups is 1. The molecule has 11 nitrogen and oxygen atoms in total. The Labute approximate surface area is 258 Å². The van der Waals surface area contributed by atoms with E-state index in [9.17, 15) is 13.2 Å². The van der Waals surface area contributed by atoms with Crippen LogP contribution < -0.4 is 14.9 Å². The summed E-state index contributed by atoms with van der Waals surface area (Å²) in [5.74, 6) is 0.436. The molecule has 6 heterocycles. The number of pyridine rings is 3. The number of amides is 1. The van der Waals surface area contributed by atoms with Crippen LogP contribution in [0.3, 0.4) is 0 Å². The minimum Gasteiger partial charge on any atom is -0.362 e. The Balaban J connectivity index is 1.44. The fourth-order valence-corrected chi connectivity index (χ4v) is 7.11. The standard InChI is InChI=1S/C32H38N8O3S/c1-31(2,3)26-12-10-22-29(36-26)40-19-20(18-32(40,4)5)9-11-24(25-17-21(13-15-33-25)23-14-16-34-38-23)35-27-7-6-8-28(37-27)44(42,43)39-30(22)41/h6-8,10,12-17,20,24H,9,11,18-19H2,1-5H3,(H,34,38)(H,35,37)(H,39,41)/t20-,24-/m0/s1. The van der Waals surface area contributed by atoms with Gasteiger partial charge in [-0.3, -0.25) is 14.9 Å². The smallest absolute Gasteiger partial charge is 0.281 e. The maximum atomic E-state index is 13.7. The number of rotatable bonds is 2. The molecule has 0 aliphatic carbocycles. The summed E-state index contributed by atoms with van der Waals surface area (Å²) in [5.41, 5.74) is 3.10. The van der Waals surface area contributed by atoms with Crippen molar-refractivity contribution in [3.63, 3.8) is 0 Å². The third-order valence-electron chi connectivity index (χ3n) is 8.47. The molecular formula is C32H38N8O3S. The van der Waals surface area contributed by atoms with Crippen molar-refractivity contribution in [2.45, 2.75) is 75.9 Å². The molecule has 2 aliphatic rings. The molecule has 0 spiro atoms. The molecular weight excluding hydrogens is 576 g/mol. The summed E-state index contributed by atoms with van der Waals surface area (Å²) in [4.78, 5) is 29.9. The molecule has 0 aromatic carbocycles. The van der Waals surface area contributed by atoms with Gasteiger partial charge in [0.25, 0.3) is 15.9 Å². The third kappa shape index (κ3) is 5.90. The van der Waals surface area contributed by atoms with E-state index in [0.29, 0.717) is 24.1 Å². The fraction of sp³-hybridized carbons (Fsp3) is 0.406. The zero-order valence-corrected chi connectivity index (χ0v) is 26.4. The van der Waals surface area contributed by atoms with Crippen LogP contribution in [0.4, 0.5) is 11.6 Å². The highest BCUT2D eigenvalue weighted by Crippen LogP contribution is 2.41. The number of anilines is 2. The fourth-order valence-electron chi connectivity index (χ4n) is 6.17. The van der Waals surface area contributed by atoms with Crippen molar-refractivity contribution < 1.29 is 13.2 Å². The van der Waals surface area contributed by atoms with Gasteiger partial charge in [-0.1, -0.05) is 26.8 Å². The molecule has 1 amide bonds. The molecule has 4 bridgehead atoms. The number of carbonyl (C=O) groups excluding carboxylic acids is 1. The molecule has 44 heavy (non-hydrogen) atoms. The van der Waals surface area contributed by atoms with Gasteiger partial charge in [0.1, 0.15) is 11.6 Å². The minimum absolute atomic E-state index is 0.220. The average Bonchev–Trinajstić information content (AvgIpc) is 3.62. The van der Waals surface area contributed by atoms with E-state index in [0.717, 1.165) is 41.9 Å². The maximum Gasteiger partial charge on any atom is 0.281 e. The second kappa shape index (κ2) is 11.0. The van der Waals surface area contributed by atoms with E-state index >= 15 is 0 Å². The largest absolute Gasteiger partial charge is 0.362 e. The molecule has 4 aromatic heterocycles. The van der Waals surface area contributed by atoms with Gasteiger partial charge in [-0.25, -0.2) is 14.7 Å². The molecule has 12 heteroatoms. The number of sulfonamides is 1. The summed E-state index contributed by atoms with van der Waals surface area (Å²) in [6.07, 6.45) is 5.95. The Bertz CT molecular complexity index is 1800. The topological polar surface area (TPSA) is 146 Å². The van der Waals surface area contributed by atoms with Crippen LogP contribution in [0.25, 0.3) is 11.3 Å². The van der Waals surface area contributed by atoms with Crippen LogP contribution in [0.15, 0.2) is 66.0 Å². The molecule has 0 radical (unpaired) electrons. The molecule has 2 atom stereocenters. The van der Waals surface area contributed by atoms with Gasteiger partial charge in [-0.05, 0) is 81.5 Å². The van der Waals surface area contributed by atoms with Gasteiger partial charge in [0.2, 0.25) is 0 Å². The van der Waals surface area contributed by atoms with E-state index in [1.54, 1.807) is 36.7 Å². The van der Waals surface area contributed by atoms with Crippen molar-refractivity contribution in [3.05, 3.63) is 77.9 Å². The number of aromatic amines is 1. The van der Waals surface area contributed by atoms with E-state index in [1.807, 2.05) is 18.2 Å². The van der Waals surface area contributed by atoms with Gasteiger partial charge >= 0.3 is 0 Å². The first kappa shape index (κ1) is 29.7. The summed E-state index contributed by atoms with van der Waals surface area (Å²) in [6, 6.07) is 13.8. The summed E-state index contributed by atoms with van der Waals surface area (Å²) in [6.45, 7) is 11.2. The number of aromatic nitrogens is 5. The first-order valence-electron chi connectivity index (χ1n) is 14.9. The van der Waals surface area contributed by atoms with Crippen LogP contribution in [-0.2, 0) is 15.4 Å². The molecule has 1 fully saturated rings. The molecule has 6 rings (SSSR count). The van der Waals surface area contributed by atoms with Gasteiger partial charge in [0.15, 0.2) is 5.03 Å². The van der Waals surface area contributed by atoms with Gasteiger partial charge in [0.05, 0.1) is 23.0 Å². The molecule has 0 unspecified atom stereocenters. The molecule has 1 saturated heterocycles. The Morgan fingerprint density at radius 1 is 1.00 bits per heavy atom. The monoisotopic (exact) mass is 614 g/mol. The van der Waals surface area contributed by atoms with E-state index in [1.165, 1.54) is 6.07 Å². The molecule has 2 aliphatic heterocycles. The lowest BCUT2D eigenvalue weighted by Crippen LogP contribution is -2.41. The van der Waals surface area contributed by atoms with Gasteiger partial charge in [0, 0.05) is 41.1 Å². The van der Waals surface area contributed by atoms with E-state index in [-0.39, 0.29) is 27.6 Å². The van der Waals surface area contributed by atoms with Crippen molar-refractivity contribution >= 4 is 27.6 Å². The zero-order chi connectivity index (χ0) is 31.3. The molecule has 4 aromatic rings. The Morgan fingerprint density at radius 3 is 2.57 bits per heavy atom. The highest BCUT2D eigenvalue weighted by molar-refractivity contribution is 7.90. The molecule has 230 valence electrons. The second-order valence-electron chi connectivity index (χ2n) is 13.3. The van der Waals surface area contributed by atoms with Crippen LogP contribution in [0.2, 0.25) is 0 Å². The van der Waals surface area contributed by atoms with Crippen LogP contribution in [0, 0.1) is 5.92 Å². The highest BCUT2D eigenvalue weighted by atomic mass is 32.2. The van der Waals surface area contributed by atoms with Gasteiger partial charge in [-0.2, -0.15) is 13.5 Å². The maximum absolute atomic E-state index is 13.7. The van der Waals surface area contributed by atoms with Crippen molar-refractivity contribution in [2.24, 2.45) is 5.92 Å². The number of H-pyrrole nitrogens is 1. The Morgan fingerprint density at radius 2 is 1.82 bits per heavy atom. The normalized spacial score (nSPS) is 21.4. The summed E-state index contributed by atoms with van der Waals surface area (Å²) < 4.78 is 29.2. The predicted octanol–water partition coefficient (Wildman–Crippen LogP) is 5.23. The van der Waals surface area contributed by atoms with Gasteiger partial charge in [-0.15, -0.1) is 0 Å². The van der Waals surface area contributed by atoms with Crippen molar-refractivity contribution in [1.82, 2.24) is 29.9 Å². The Hall–Kier alpha value is -4.32. The summed E-state index contributed by atoms with van der Waals surface area (Å²) in [7, 11) is -4.29. The Kier molecular flexibility index (Phi) is 7.43.